The van der Waals surface area contributed by atoms with Crippen LogP contribution in [0, 0.1) is 0 Å². The molecular weight excluding hydrogens is 146 g/mol. The summed E-state index contributed by atoms with van der Waals surface area (Å²) in [5, 5.41) is 0. The van der Waals surface area contributed by atoms with Gasteiger partial charge < -0.3 is 0 Å². The minimum atomic E-state index is 0.159. The summed E-state index contributed by atoms with van der Waals surface area (Å²) in [6.07, 6.45) is 4.48. The maximum atomic E-state index is 3.88. The number of hydrogen-bond acceptors (Lipinski definition) is 1. The van der Waals surface area contributed by atoms with Crippen LogP contribution in [0.15, 0.2) is 12.7 Å². The van der Waals surface area contributed by atoms with Gasteiger partial charge in [-0.25, -0.2) is 0 Å². The first-order valence-corrected chi connectivity index (χ1v) is 4.97. The third-order valence-electron chi connectivity index (χ3n) is 2.30. The zero-order valence-electron chi connectivity index (χ0n) is 9.06. The van der Waals surface area contributed by atoms with Gasteiger partial charge in [0.1, 0.15) is 0 Å². The predicted octanol–water partition coefficient (Wildman–Crippen LogP) is 3.07. The van der Waals surface area contributed by atoms with Crippen molar-refractivity contribution in [2.75, 3.05) is 13.1 Å². The highest BCUT2D eigenvalue weighted by molar-refractivity contribution is 4.97. The van der Waals surface area contributed by atoms with Crippen molar-refractivity contribution in [1.82, 2.24) is 4.90 Å². The van der Waals surface area contributed by atoms with Crippen LogP contribution in [-0.2, 0) is 0 Å². The van der Waals surface area contributed by atoms with Gasteiger partial charge in [-0.05, 0) is 39.8 Å². The second kappa shape index (κ2) is 5.36. The fourth-order valence-electron chi connectivity index (χ4n) is 1.36. The van der Waals surface area contributed by atoms with Crippen molar-refractivity contribution >= 4 is 0 Å². The van der Waals surface area contributed by atoms with Gasteiger partial charge in [0, 0.05) is 5.54 Å². The molecule has 0 N–H and O–H groups in total. The molecule has 0 rings (SSSR count). The van der Waals surface area contributed by atoms with Crippen molar-refractivity contribution < 1.29 is 0 Å². The maximum Gasteiger partial charge on any atom is 0.0332 e. The Balaban J connectivity index is 4.16. The maximum absolute atomic E-state index is 3.88. The lowest BCUT2D eigenvalue weighted by Crippen LogP contribution is -2.43. The molecular formula is C11H23N. The van der Waals surface area contributed by atoms with Crippen molar-refractivity contribution in [3.63, 3.8) is 0 Å². The summed E-state index contributed by atoms with van der Waals surface area (Å²) >= 11 is 0. The van der Waals surface area contributed by atoms with E-state index in [2.05, 4.69) is 39.2 Å². The van der Waals surface area contributed by atoms with Crippen LogP contribution in [0.2, 0.25) is 0 Å². The Morgan fingerprint density at radius 2 is 1.58 bits per heavy atom. The van der Waals surface area contributed by atoms with E-state index in [1.807, 2.05) is 6.08 Å². The standard InChI is InChI=1S/C11H23N/c1-6-9-12(10-7-2)11(4,5)8-3/h8H,3,6-7,9-10H2,1-2,4-5H3. The topological polar surface area (TPSA) is 3.24 Å². The first kappa shape index (κ1) is 11.7. The van der Waals surface area contributed by atoms with E-state index >= 15 is 0 Å². The monoisotopic (exact) mass is 169 g/mol. The Bertz CT molecular complexity index is 121. The first-order chi connectivity index (χ1) is 5.58. The molecule has 0 aliphatic rings. The molecule has 0 aromatic carbocycles. The van der Waals surface area contributed by atoms with E-state index in [4.69, 9.17) is 0 Å². The minimum Gasteiger partial charge on any atom is -0.295 e. The highest BCUT2D eigenvalue weighted by atomic mass is 15.2. The van der Waals surface area contributed by atoms with Gasteiger partial charge in [-0.3, -0.25) is 4.90 Å². The van der Waals surface area contributed by atoms with Crippen LogP contribution in [0.5, 0.6) is 0 Å². The Labute approximate surface area is 77.5 Å². The molecule has 0 aromatic rings. The highest BCUT2D eigenvalue weighted by Crippen LogP contribution is 2.15. The lowest BCUT2D eigenvalue weighted by atomic mass is 10.0. The Morgan fingerprint density at radius 1 is 1.17 bits per heavy atom. The van der Waals surface area contributed by atoms with Gasteiger partial charge in [-0.1, -0.05) is 19.9 Å². The Kier molecular flexibility index (Phi) is 5.23. The van der Waals surface area contributed by atoms with Gasteiger partial charge in [-0.2, -0.15) is 0 Å². The number of rotatable bonds is 6. The van der Waals surface area contributed by atoms with E-state index in [0.29, 0.717) is 0 Å². The second-order valence-electron chi connectivity index (χ2n) is 3.84. The van der Waals surface area contributed by atoms with Crippen molar-refractivity contribution in [3.05, 3.63) is 12.7 Å². The SMILES string of the molecule is C=CC(C)(C)N(CCC)CCC. The molecule has 12 heavy (non-hydrogen) atoms. The van der Waals surface area contributed by atoms with Crippen molar-refractivity contribution in [2.45, 2.75) is 46.1 Å². The van der Waals surface area contributed by atoms with E-state index < -0.39 is 0 Å². The van der Waals surface area contributed by atoms with Gasteiger partial charge in [0.2, 0.25) is 0 Å². The third-order valence-corrected chi connectivity index (χ3v) is 2.30. The van der Waals surface area contributed by atoms with E-state index in [1.165, 1.54) is 25.9 Å². The average molecular weight is 169 g/mol. The van der Waals surface area contributed by atoms with Crippen LogP contribution in [0.1, 0.15) is 40.5 Å². The molecule has 0 radical (unpaired) electrons. The summed E-state index contributed by atoms with van der Waals surface area (Å²) in [7, 11) is 0. The van der Waals surface area contributed by atoms with Gasteiger partial charge in [-0.15, -0.1) is 6.58 Å². The zero-order valence-corrected chi connectivity index (χ0v) is 9.06. The Morgan fingerprint density at radius 3 is 1.83 bits per heavy atom. The fraction of sp³-hybridized carbons (Fsp3) is 0.818. The second-order valence-corrected chi connectivity index (χ2v) is 3.84. The van der Waals surface area contributed by atoms with Crippen molar-refractivity contribution in [3.8, 4) is 0 Å². The molecule has 1 nitrogen and oxygen atoms in total. The van der Waals surface area contributed by atoms with Crippen LogP contribution in [0.3, 0.4) is 0 Å². The lowest BCUT2D eigenvalue weighted by Gasteiger charge is -2.35. The first-order valence-electron chi connectivity index (χ1n) is 4.97. The van der Waals surface area contributed by atoms with Crippen LogP contribution in [0.25, 0.3) is 0 Å². The molecule has 0 unspecified atom stereocenters. The summed E-state index contributed by atoms with van der Waals surface area (Å²) < 4.78 is 0. The largest absolute Gasteiger partial charge is 0.295 e. The van der Waals surface area contributed by atoms with Gasteiger partial charge in [0.05, 0.1) is 0 Å². The van der Waals surface area contributed by atoms with Crippen LogP contribution in [-0.4, -0.2) is 23.5 Å². The molecule has 0 aliphatic carbocycles. The molecule has 1 heteroatoms. The zero-order chi connectivity index (χ0) is 9.61. The summed E-state index contributed by atoms with van der Waals surface area (Å²) in [5.74, 6) is 0. The molecule has 0 fully saturated rings. The summed E-state index contributed by atoms with van der Waals surface area (Å²) in [6, 6.07) is 0. The van der Waals surface area contributed by atoms with E-state index in [9.17, 15) is 0 Å². The molecule has 0 saturated carbocycles. The van der Waals surface area contributed by atoms with E-state index in [-0.39, 0.29) is 5.54 Å². The quantitative estimate of drug-likeness (QED) is 0.552. The summed E-state index contributed by atoms with van der Waals surface area (Å²) in [6.45, 7) is 15.1. The molecule has 0 atom stereocenters. The number of nitrogens with zero attached hydrogens (tertiary/aromatic N) is 1. The van der Waals surface area contributed by atoms with Crippen LogP contribution in [0.4, 0.5) is 0 Å². The average Bonchev–Trinajstić information content (AvgIpc) is 2.04. The molecule has 0 aromatic heterocycles. The highest BCUT2D eigenvalue weighted by Gasteiger charge is 2.20. The smallest absolute Gasteiger partial charge is 0.0332 e. The van der Waals surface area contributed by atoms with Crippen LogP contribution < -0.4 is 0 Å². The molecule has 0 heterocycles. The van der Waals surface area contributed by atoms with Gasteiger partial charge in [0.25, 0.3) is 0 Å². The summed E-state index contributed by atoms with van der Waals surface area (Å²) in [5.41, 5.74) is 0.159. The summed E-state index contributed by atoms with van der Waals surface area (Å²) in [4.78, 5) is 2.49. The molecule has 0 spiro atoms. The number of hydrogen-bond donors (Lipinski definition) is 0. The normalized spacial score (nSPS) is 12.1. The molecule has 72 valence electrons. The fourth-order valence-corrected chi connectivity index (χ4v) is 1.36. The van der Waals surface area contributed by atoms with Crippen molar-refractivity contribution in [2.24, 2.45) is 0 Å². The molecule has 0 saturated heterocycles. The predicted molar refractivity (Wildman–Crippen MR) is 56.4 cm³/mol. The van der Waals surface area contributed by atoms with Gasteiger partial charge >= 0.3 is 0 Å². The van der Waals surface area contributed by atoms with Gasteiger partial charge in [0.15, 0.2) is 0 Å². The Hall–Kier alpha value is -0.300. The molecule has 0 amide bonds. The molecule has 0 aliphatic heterocycles. The third kappa shape index (κ3) is 3.40. The lowest BCUT2D eigenvalue weighted by molar-refractivity contribution is 0.162. The molecule has 0 bridgehead atoms. The van der Waals surface area contributed by atoms with E-state index in [0.717, 1.165) is 0 Å². The van der Waals surface area contributed by atoms with E-state index in [1.54, 1.807) is 0 Å². The van der Waals surface area contributed by atoms with Crippen molar-refractivity contribution in [1.29, 1.82) is 0 Å². The minimum absolute atomic E-state index is 0.159. The van der Waals surface area contributed by atoms with Crippen LogP contribution >= 0.6 is 0 Å².